The lowest BCUT2D eigenvalue weighted by Gasteiger charge is -2.14. The summed E-state index contributed by atoms with van der Waals surface area (Å²) >= 11 is 0.734. The molecule has 3 amide bonds. The van der Waals surface area contributed by atoms with Gasteiger partial charge in [0.1, 0.15) is 29.2 Å². The minimum atomic E-state index is -0.943. The van der Waals surface area contributed by atoms with Crippen LogP contribution in [0, 0.1) is 11.6 Å². The van der Waals surface area contributed by atoms with Crippen molar-refractivity contribution in [2.24, 2.45) is 5.73 Å². The zero-order valence-electron chi connectivity index (χ0n) is 17.8. The predicted octanol–water partition coefficient (Wildman–Crippen LogP) is 2.66. The van der Waals surface area contributed by atoms with Crippen molar-refractivity contribution in [1.29, 1.82) is 0 Å². The highest BCUT2D eigenvalue weighted by Gasteiger charge is 2.24. The molecule has 13 heteroatoms. The van der Waals surface area contributed by atoms with Crippen LogP contribution >= 0.6 is 11.5 Å². The standard InChI is InChI=1S/C20H24F3N5O4S/c1-31-14-4-3-13(22)12(16(14)23)10-32-18-15(17(24)29)19(33-27-18)26-20(30)25-6-2-7-28-8-5-11(21)9-28/h3-4,11H,2,5-10H2,1H3,(H2,24,29)(H2,25,26,30)/t11-/m0/s1. The first-order valence-corrected chi connectivity index (χ1v) is 10.9. The van der Waals surface area contributed by atoms with E-state index in [2.05, 4.69) is 15.0 Å². The molecule has 0 radical (unpaired) electrons. The van der Waals surface area contributed by atoms with Gasteiger partial charge in [0.2, 0.25) is 5.88 Å². The number of likely N-dealkylation sites (tertiary alicyclic amines) is 1. The maximum atomic E-state index is 14.3. The van der Waals surface area contributed by atoms with E-state index in [1.807, 2.05) is 4.90 Å². The number of primary amides is 1. The molecule has 1 atom stereocenters. The van der Waals surface area contributed by atoms with Gasteiger partial charge in [0, 0.05) is 19.6 Å². The van der Waals surface area contributed by atoms with Crippen LogP contribution in [-0.4, -0.2) is 60.7 Å². The Balaban J connectivity index is 1.57. The van der Waals surface area contributed by atoms with Crippen LogP contribution < -0.4 is 25.8 Å². The summed E-state index contributed by atoms with van der Waals surface area (Å²) in [5.41, 5.74) is 4.75. The Morgan fingerprint density at radius 2 is 2.15 bits per heavy atom. The second-order valence-corrected chi connectivity index (χ2v) is 8.08. The number of halogens is 3. The van der Waals surface area contributed by atoms with Gasteiger partial charge in [0.15, 0.2) is 11.6 Å². The van der Waals surface area contributed by atoms with Crippen molar-refractivity contribution in [1.82, 2.24) is 14.6 Å². The number of anilines is 1. The zero-order valence-corrected chi connectivity index (χ0v) is 18.6. The smallest absolute Gasteiger partial charge is 0.319 e. The van der Waals surface area contributed by atoms with E-state index >= 15 is 0 Å². The van der Waals surface area contributed by atoms with Crippen LogP contribution in [0.5, 0.6) is 11.6 Å². The zero-order chi connectivity index (χ0) is 24.0. The molecule has 1 aliphatic heterocycles. The molecule has 0 unspecified atom stereocenters. The highest BCUT2D eigenvalue weighted by atomic mass is 32.1. The SMILES string of the molecule is COc1ccc(F)c(COc2nsc(NC(=O)NCCCN3CC[C@H](F)C3)c2C(N)=O)c1F. The average Bonchev–Trinajstić information content (AvgIpc) is 3.37. The summed E-state index contributed by atoms with van der Waals surface area (Å²) in [5.74, 6) is -3.17. The van der Waals surface area contributed by atoms with Gasteiger partial charge in [-0.1, -0.05) is 0 Å². The summed E-state index contributed by atoms with van der Waals surface area (Å²) in [5, 5.41) is 5.13. The Hall–Kier alpha value is -3.06. The minimum Gasteiger partial charge on any atom is -0.494 e. The fourth-order valence-electron chi connectivity index (χ4n) is 3.32. The summed E-state index contributed by atoms with van der Waals surface area (Å²) in [7, 11) is 1.24. The average molecular weight is 488 g/mol. The first-order chi connectivity index (χ1) is 15.8. The number of hydrogen-bond donors (Lipinski definition) is 3. The molecule has 180 valence electrons. The van der Waals surface area contributed by atoms with Crippen molar-refractivity contribution in [3.05, 3.63) is 34.9 Å². The van der Waals surface area contributed by atoms with E-state index < -0.39 is 41.9 Å². The number of carbonyl (C=O) groups excluding carboxylic acids is 2. The van der Waals surface area contributed by atoms with Crippen molar-refractivity contribution in [3.8, 4) is 11.6 Å². The molecular weight excluding hydrogens is 463 g/mol. The van der Waals surface area contributed by atoms with Crippen LogP contribution in [0.2, 0.25) is 0 Å². The van der Waals surface area contributed by atoms with Gasteiger partial charge >= 0.3 is 6.03 Å². The third-order valence-electron chi connectivity index (χ3n) is 5.01. The van der Waals surface area contributed by atoms with Gasteiger partial charge < -0.3 is 25.4 Å². The second-order valence-electron chi connectivity index (χ2n) is 7.31. The van der Waals surface area contributed by atoms with Crippen molar-refractivity contribution in [2.45, 2.75) is 25.6 Å². The molecule has 0 spiro atoms. The summed E-state index contributed by atoms with van der Waals surface area (Å²) in [6, 6.07) is 1.56. The third kappa shape index (κ3) is 6.26. The Labute approximate surface area is 192 Å². The van der Waals surface area contributed by atoms with Crippen molar-refractivity contribution >= 4 is 28.5 Å². The summed E-state index contributed by atoms with van der Waals surface area (Å²) in [6.07, 6.45) is 0.349. The lowest BCUT2D eigenvalue weighted by atomic mass is 10.2. The number of nitrogens with one attached hydrogen (secondary N) is 2. The van der Waals surface area contributed by atoms with Crippen molar-refractivity contribution in [2.75, 3.05) is 38.6 Å². The maximum Gasteiger partial charge on any atom is 0.319 e. The van der Waals surface area contributed by atoms with Gasteiger partial charge in [-0.3, -0.25) is 10.1 Å². The monoisotopic (exact) mass is 487 g/mol. The minimum absolute atomic E-state index is 0.0291. The number of nitrogens with two attached hydrogens (primary N) is 1. The highest BCUT2D eigenvalue weighted by Crippen LogP contribution is 2.31. The van der Waals surface area contributed by atoms with Gasteiger partial charge in [0.05, 0.1) is 12.7 Å². The van der Waals surface area contributed by atoms with Crippen LogP contribution in [0.15, 0.2) is 12.1 Å². The van der Waals surface area contributed by atoms with Gasteiger partial charge in [-0.15, -0.1) is 0 Å². The number of benzene rings is 1. The lowest BCUT2D eigenvalue weighted by Crippen LogP contribution is -2.32. The second kappa shape index (κ2) is 11.2. The lowest BCUT2D eigenvalue weighted by molar-refractivity contribution is 0.0996. The van der Waals surface area contributed by atoms with Crippen LogP contribution in [0.1, 0.15) is 28.8 Å². The third-order valence-corrected chi connectivity index (χ3v) is 5.76. The molecule has 1 fully saturated rings. The number of carbonyl (C=O) groups is 2. The van der Waals surface area contributed by atoms with Crippen molar-refractivity contribution < 1.29 is 32.2 Å². The van der Waals surface area contributed by atoms with E-state index in [1.54, 1.807) is 0 Å². The number of alkyl halides is 1. The molecule has 0 saturated carbocycles. The molecule has 1 aromatic heterocycles. The van der Waals surface area contributed by atoms with Gasteiger partial charge in [-0.25, -0.2) is 18.0 Å². The van der Waals surface area contributed by atoms with Gasteiger partial charge in [-0.05, 0) is 43.1 Å². The van der Waals surface area contributed by atoms with E-state index in [4.69, 9.17) is 15.2 Å². The molecule has 0 aliphatic carbocycles. The van der Waals surface area contributed by atoms with Crippen LogP contribution in [0.3, 0.4) is 0 Å². The number of urea groups is 1. The van der Waals surface area contributed by atoms with Crippen LogP contribution in [-0.2, 0) is 6.61 Å². The predicted molar refractivity (Wildman–Crippen MR) is 115 cm³/mol. The molecular formula is C20H24F3N5O4S. The number of amides is 3. The largest absolute Gasteiger partial charge is 0.494 e. The number of hydrogen-bond acceptors (Lipinski definition) is 7. The normalized spacial score (nSPS) is 15.9. The Morgan fingerprint density at radius 1 is 1.36 bits per heavy atom. The number of aromatic nitrogens is 1. The Morgan fingerprint density at radius 3 is 2.82 bits per heavy atom. The van der Waals surface area contributed by atoms with E-state index in [9.17, 15) is 22.8 Å². The molecule has 33 heavy (non-hydrogen) atoms. The topological polar surface area (TPSA) is 119 Å². The van der Waals surface area contributed by atoms with E-state index in [1.165, 1.54) is 7.11 Å². The molecule has 0 bridgehead atoms. The first-order valence-electron chi connectivity index (χ1n) is 10.1. The number of methoxy groups -OCH3 is 1. The first kappa shape index (κ1) is 24.6. The van der Waals surface area contributed by atoms with E-state index in [0.717, 1.165) is 23.7 Å². The Kier molecular flexibility index (Phi) is 8.33. The maximum absolute atomic E-state index is 14.3. The molecule has 1 saturated heterocycles. The Bertz CT molecular complexity index is 1010. The molecule has 1 aliphatic rings. The van der Waals surface area contributed by atoms with Crippen molar-refractivity contribution in [3.63, 3.8) is 0 Å². The molecule has 2 heterocycles. The van der Waals surface area contributed by atoms with E-state index in [-0.39, 0.29) is 22.2 Å². The quantitative estimate of drug-likeness (QED) is 0.444. The van der Waals surface area contributed by atoms with Crippen LogP contribution in [0.4, 0.5) is 23.0 Å². The molecule has 3 rings (SSSR count). The number of rotatable bonds is 10. The molecule has 2 aromatic rings. The molecule has 9 nitrogen and oxygen atoms in total. The fraction of sp³-hybridized carbons (Fsp3) is 0.450. The molecule has 1 aromatic carbocycles. The van der Waals surface area contributed by atoms with E-state index in [0.29, 0.717) is 39.0 Å². The number of ether oxygens (including phenoxy) is 2. The summed E-state index contributed by atoms with van der Waals surface area (Å²) in [6.45, 7) is 1.51. The highest BCUT2D eigenvalue weighted by molar-refractivity contribution is 7.11. The van der Waals surface area contributed by atoms with Gasteiger partial charge in [0.25, 0.3) is 5.91 Å². The fourth-order valence-corrected chi connectivity index (χ4v) is 4.06. The summed E-state index contributed by atoms with van der Waals surface area (Å²) < 4.78 is 55.5. The van der Waals surface area contributed by atoms with Gasteiger partial charge in [-0.2, -0.15) is 4.37 Å². The van der Waals surface area contributed by atoms with Crippen LogP contribution in [0.25, 0.3) is 0 Å². The molecule has 4 N–H and O–H groups in total. The number of nitrogens with zero attached hydrogens (tertiary/aromatic N) is 2. The summed E-state index contributed by atoms with van der Waals surface area (Å²) in [4.78, 5) is 26.0.